The SMILES string of the molecule is Fc1ccc(-c2ccc(Cl)nn2)c(OCC2CO2)c1. The lowest BCUT2D eigenvalue weighted by Gasteiger charge is -2.10. The van der Waals surface area contributed by atoms with Crippen molar-refractivity contribution in [3.63, 3.8) is 0 Å². The Morgan fingerprint density at radius 1 is 1.32 bits per heavy atom. The monoisotopic (exact) mass is 280 g/mol. The van der Waals surface area contributed by atoms with Crippen LogP contribution in [0, 0.1) is 5.82 Å². The van der Waals surface area contributed by atoms with Crippen LogP contribution in [0.5, 0.6) is 5.75 Å². The van der Waals surface area contributed by atoms with Gasteiger partial charge in [-0.15, -0.1) is 10.2 Å². The van der Waals surface area contributed by atoms with Crippen LogP contribution in [-0.4, -0.2) is 29.5 Å². The summed E-state index contributed by atoms with van der Waals surface area (Å²) in [6.07, 6.45) is 0.104. The van der Waals surface area contributed by atoms with Gasteiger partial charge in [-0.25, -0.2) is 4.39 Å². The predicted octanol–water partition coefficient (Wildman–Crippen LogP) is 2.71. The average molecular weight is 281 g/mol. The van der Waals surface area contributed by atoms with Crippen LogP contribution in [-0.2, 0) is 4.74 Å². The van der Waals surface area contributed by atoms with Crippen molar-refractivity contribution < 1.29 is 13.9 Å². The third-order valence-corrected chi connectivity index (χ3v) is 2.88. The van der Waals surface area contributed by atoms with Crippen LogP contribution in [0.1, 0.15) is 0 Å². The van der Waals surface area contributed by atoms with Crippen molar-refractivity contribution >= 4 is 11.6 Å². The summed E-state index contributed by atoms with van der Waals surface area (Å²) >= 11 is 5.69. The van der Waals surface area contributed by atoms with Crippen molar-refractivity contribution in [2.24, 2.45) is 0 Å². The Balaban J connectivity index is 1.91. The van der Waals surface area contributed by atoms with Gasteiger partial charge in [0.1, 0.15) is 24.3 Å². The number of nitrogens with zero attached hydrogens (tertiary/aromatic N) is 2. The highest BCUT2D eigenvalue weighted by atomic mass is 35.5. The summed E-state index contributed by atoms with van der Waals surface area (Å²) in [4.78, 5) is 0. The minimum absolute atomic E-state index is 0.104. The molecule has 0 N–H and O–H groups in total. The minimum atomic E-state index is -0.364. The van der Waals surface area contributed by atoms with Gasteiger partial charge >= 0.3 is 0 Å². The zero-order valence-corrected chi connectivity index (χ0v) is 10.6. The molecule has 4 nitrogen and oxygen atoms in total. The third kappa shape index (κ3) is 3.00. The second kappa shape index (κ2) is 5.11. The van der Waals surface area contributed by atoms with Gasteiger partial charge in [-0.3, -0.25) is 0 Å². The van der Waals surface area contributed by atoms with E-state index < -0.39 is 0 Å². The molecule has 3 rings (SSSR count). The predicted molar refractivity (Wildman–Crippen MR) is 67.7 cm³/mol. The lowest BCUT2D eigenvalue weighted by atomic mass is 10.1. The highest BCUT2D eigenvalue weighted by Crippen LogP contribution is 2.30. The summed E-state index contributed by atoms with van der Waals surface area (Å²) < 4.78 is 23.9. The molecule has 1 saturated heterocycles. The van der Waals surface area contributed by atoms with Crippen LogP contribution in [0.3, 0.4) is 0 Å². The second-order valence-electron chi connectivity index (χ2n) is 4.15. The van der Waals surface area contributed by atoms with Crippen LogP contribution in [0.15, 0.2) is 30.3 Å². The number of hydrogen-bond acceptors (Lipinski definition) is 4. The molecule has 1 aromatic heterocycles. The first-order valence-electron chi connectivity index (χ1n) is 5.76. The van der Waals surface area contributed by atoms with Gasteiger partial charge in [0, 0.05) is 11.6 Å². The highest BCUT2D eigenvalue weighted by molar-refractivity contribution is 6.29. The standard InChI is InChI=1S/C13H10ClFN2O2/c14-13-4-3-11(16-17-13)10-2-1-8(15)5-12(10)19-7-9-6-18-9/h1-5,9H,6-7H2. The number of ether oxygens (including phenoxy) is 2. The summed E-state index contributed by atoms with van der Waals surface area (Å²) in [5, 5.41) is 8.04. The van der Waals surface area contributed by atoms with Crippen LogP contribution in [0.4, 0.5) is 4.39 Å². The maximum absolute atomic E-state index is 13.3. The summed E-state index contributed by atoms with van der Waals surface area (Å²) in [5.74, 6) is 0.0597. The Morgan fingerprint density at radius 2 is 2.16 bits per heavy atom. The van der Waals surface area contributed by atoms with Gasteiger partial charge in [0.2, 0.25) is 0 Å². The third-order valence-electron chi connectivity index (χ3n) is 2.68. The number of rotatable bonds is 4. The first kappa shape index (κ1) is 12.3. The molecular formula is C13H10ClFN2O2. The number of hydrogen-bond donors (Lipinski definition) is 0. The summed E-state index contributed by atoms with van der Waals surface area (Å²) in [6.45, 7) is 1.09. The molecule has 2 aromatic rings. The molecule has 98 valence electrons. The van der Waals surface area contributed by atoms with Crippen molar-refractivity contribution in [3.8, 4) is 17.0 Å². The molecule has 6 heteroatoms. The van der Waals surface area contributed by atoms with Gasteiger partial charge in [-0.1, -0.05) is 11.6 Å². The van der Waals surface area contributed by atoms with Crippen molar-refractivity contribution in [2.45, 2.75) is 6.10 Å². The van der Waals surface area contributed by atoms with Gasteiger partial charge in [-0.2, -0.15) is 0 Å². The topological polar surface area (TPSA) is 47.5 Å². The van der Waals surface area contributed by atoms with Crippen LogP contribution in [0.2, 0.25) is 5.15 Å². The van der Waals surface area contributed by atoms with Gasteiger partial charge in [0.05, 0.1) is 12.3 Å². The molecule has 1 aliphatic heterocycles. The van der Waals surface area contributed by atoms with E-state index in [0.29, 0.717) is 35.4 Å². The fourth-order valence-corrected chi connectivity index (χ4v) is 1.73. The van der Waals surface area contributed by atoms with Gasteiger partial charge in [0.15, 0.2) is 5.15 Å². The smallest absolute Gasteiger partial charge is 0.151 e. The highest BCUT2D eigenvalue weighted by Gasteiger charge is 2.24. The van der Waals surface area contributed by atoms with E-state index >= 15 is 0 Å². The van der Waals surface area contributed by atoms with E-state index in [4.69, 9.17) is 21.1 Å². The first-order chi connectivity index (χ1) is 9.22. The lowest BCUT2D eigenvalue weighted by Crippen LogP contribution is -2.05. The van der Waals surface area contributed by atoms with E-state index in [1.54, 1.807) is 18.2 Å². The van der Waals surface area contributed by atoms with Gasteiger partial charge in [0.25, 0.3) is 0 Å². The molecule has 1 aromatic carbocycles. The molecule has 0 aliphatic carbocycles. The van der Waals surface area contributed by atoms with E-state index in [0.717, 1.165) is 0 Å². The van der Waals surface area contributed by atoms with Crippen molar-refractivity contribution in [2.75, 3.05) is 13.2 Å². The van der Waals surface area contributed by atoms with E-state index in [1.165, 1.54) is 12.1 Å². The molecule has 0 spiro atoms. The minimum Gasteiger partial charge on any atom is -0.490 e. The Bertz CT molecular complexity index is 588. The number of epoxide rings is 1. The summed E-state index contributed by atoms with van der Waals surface area (Å²) in [7, 11) is 0. The van der Waals surface area contributed by atoms with E-state index in [1.807, 2.05) is 0 Å². The van der Waals surface area contributed by atoms with Gasteiger partial charge < -0.3 is 9.47 Å². The second-order valence-corrected chi connectivity index (χ2v) is 4.54. The molecule has 1 atom stereocenters. The fraction of sp³-hybridized carbons (Fsp3) is 0.231. The normalized spacial score (nSPS) is 17.3. The molecule has 1 aliphatic rings. The quantitative estimate of drug-likeness (QED) is 0.808. The molecule has 1 fully saturated rings. The molecule has 0 amide bonds. The number of halogens is 2. The van der Waals surface area contributed by atoms with E-state index in [9.17, 15) is 4.39 Å². The number of benzene rings is 1. The van der Waals surface area contributed by atoms with Crippen LogP contribution in [0.25, 0.3) is 11.3 Å². The van der Waals surface area contributed by atoms with Crippen LogP contribution >= 0.6 is 11.6 Å². The van der Waals surface area contributed by atoms with Crippen LogP contribution < -0.4 is 4.74 Å². The Labute approximate surface area is 114 Å². The summed E-state index contributed by atoms with van der Waals surface area (Å²) in [5.41, 5.74) is 1.25. The van der Waals surface area contributed by atoms with Crippen molar-refractivity contribution in [1.82, 2.24) is 10.2 Å². The van der Waals surface area contributed by atoms with Crippen molar-refractivity contribution in [1.29, 1.82) is 0 Å². The lowest BCUT2D eigenvalue weighted by molar-refractivity contribution is 0.263. The van der Waals surface area contributed by atoms with Gasteiger partial charge in [-0.05, 0) is 24.3 Å². The molecular weight excluding hydrogens is 271 g/mol. The Hall–Kier alpha value is -1.72. The zero-order valence-electron chi connectivity index (χ0n) is 9.85. The molecule has 1 unspecified atom stereocenters. The first-order valence-corrected chi connectivity index (χ1v) is 6.14. The van der Waals surface area contributed by atoms with Crippen molar-refractivity contribution in [3.05, 3.63) is 41.3 Å². The summed E-state index contributed by atoms with van der Waals surface area (Å²) in [6, 6.07) is 7.63. The average Bonchev–Trinajstić information content (AvgIpc) is 3.22. The maximum atomic E-state index is 13.3. The fourth-order valence-electron chi connectivity index (χ4n) is 1.63. The molecule has 0 radical (unpaired) electrons. The maximum Gasteiger partial charge on any atom is 0.151 e. The Kier molecular flexibility index (Phi) is 3.31. The number of aromatic nitrogens is 2. The zero-order chi connectivity index (χ0) is 13.2. The molecule has 2 heterocycles. The largest absolute Gasteiger partial charge is 0.490 e. The van der Waals surface area contributed by atoms with E-state index in [-0.39, 0.29) is 11.9 Å². The Morgan fingerprint density at radius 3 is 2.84 bits per heavy atom. The molecule has 19 heavy (non-hydrogen) atoms. The molecule has 0 bridgehead atoms. The molecule has 0 saturated carbocycles. The van der Waals surface area contributed by atoms with E-state index in [2.05, 4.69) is 10.2 Å².